The minimum atomic E-state index is -2.24. The standard InChI is InChI=1S/C22H43NO5Si2/c1-14(28-30(10,11)22(5,6)7)16-17(19-18(25)15(24)12-13-27-19)23(20(16)26)29(8,9)21(2,3)4/h14-17,19,24H,12-13H2,1-11H3/t14-,15-,16-,17+,19-/m1/s1. The van der Waals surface area contributed by atoms with Crippen molar-refractivity contribution in [2.75, 3.05) is 6.61 Å². The van der Waals surface area contributed by atoms with Gasteiger partial charge in [-0.1, -0.05) is 54.6 Å². The van der Waals surface area contributed by atoms with Crippen LogP contribution in [0.2, 0.25) is 36.3 Å². The minimum Gasteiger partial charge on any atom is -0.413 e. The number of rotatable bonds is 5. The highest BCUT2D eigenvalue weighted by molar-refractivity contribution is 6.80. The Hall–Kier alpha value is -0.546. The van der Waals surface area contributed by atoms with Gasteiger partial charge in [-0.3, -0.25) is 9.59 Å². The molecule has 2 rings (SSSR count). The van der Waals surface area contributed by atoms with Crippen LogP contribution in [0.4, 0.5) is 0 Å². The minimum absolute atomic E-state index is 0.0238. The third kappa shape index (κ3) is 4.35. The second kappa shape index (κ2) is 8.10. The average molecular weight is 458 g/mol. The number of nitrogens with zero attached hydrogens (tertiary/aromatic N) is 1. The van der Waals surface area contributed by atoms with Crippen LogP contribution in [0.3, 0.4) is 0 Å². The zero-order valence-corrected chi connectivity index (χ0v) is 22.8. The van der Waals surface area contributed by atoms with E-state index in [1.165, 1.54) is 0 Å². The summed E-state index contributed by atoms with van der Waals surface area (Å²) in [5.74, 6) is -0.659. The van der Waals surface area contributed by atoms with Crippen LogP contribution in [0.15, 0.2) is 0 Å². The van der Waals surface area contributed by atoms with Crippen LogP contribution in [0.5, 0.6) is 0 Å². The lowest BCUT2D eigenvalue weighted by Gasteiger charge is -2.61. The molecule has 2 saturated heterocycles. The van der Waals surface area contributed by atoms with Gasteiger partial charge in [0.2, 0.25) is 5.91 Å². The van der Waals surface area contributed by atoms with Crippen LogP contribution >= 0.6 is 0 Å². The third-order valence-corrected chi connectivity index (χ3v) is 18.0. The number of carbonyl (C=O) groups is 2. The monoisotopic (exact) mass is 457 g/mol. The Morgan fingerprint density at radius 2 is 1.60 bits per heavy atom. The zero-order valence-electron chi connectivity index (χ0n) is 20.8. The SMILES string of the molecule is C[C@@H](O[Si](C)(C)C(C)(C)C)[C@H]1C(=O)N([Si](C)(C)C(C)(C)C)[C@@H]1[C@H]1OCC[C@@H](O)C1=O. The molecule has 8 heteroatoms. The highest BCUT2D eigenvalue weighted by atomic mass is 28.4. The van der Waals surface area contributed by atoms with Crippen molar-refractivity contribution in [3.63, 3.8) is 0 Å². The van der Waals surface area contributed by atoms with E-state index < -0.39 is 34.7 Å². The smallest absolute Gasteiger partial charge is 0.222 e. The first kappa shape index (κ1) is 25.7. The molecule has 2 heterocycles. The van der Waals surface area contributed by atoms with E-state index in [0.717, 1.165) is 0 Å². The van der Waals surface area contributed by atoms with Crippen LogP contribution in [-0.2, 0) is 18.8 Å². The molecule has 1 N–H and O–H groups in total. The van der Waals surface area contributed by atoms with Gasteiger partial charge in [0.25, 0.3) is 0 Å². The molecule has 0 saturated carbocycles. The highest BCUT2D eigenvalue weighted by Crippen LogP contribution is 2.48. The number of β-lactam (4-membered cyclic amide) rings is 1. The van der Waals surface area contributed by atoms with Gasteiger partial charge < -0.3 is 18.8 Å². The molecule has 2 aliphatic rings. The van der Waals surface area contributed by atoms with Gasteiger partial charge in [0.15, 0.2) is 22.3 Å². The van der Waals surface area contributed by atoms with Crippen molar-refractivity contribution >= 4 is 28.2 Å². The molecule has 0 aromatic heterocycles. The molecule has 0 bridgehead atoms. The Morgan fingerprint density at radius 1 is 1.07 bits per heavy atom. The van der Waals surface area contributed by atoms with Gasteiger partial charge in [-0.25, -0.2) is 0 Å². The fraction of sp³-hybridized carbons (Fsp3) is 0.909. The number of hydrogen-bond donors (Lipinski definition) is 1. The van der Waals surface area contributed by atoms with Crippen molar-refractivity contribution in [1.82, 2.24) is 4.57 Å². The van der Waals surface area contributed by atoms with Crippen LogP contribution in [0.1, 0.15) is 54.9 Å². The second-order valence-electron chi connectivity index (χ2n) is 12.1. The van der Waals surface area contributed by atoms with E-state index in [9.17, 15) is 14.7 Å². The van der Waals surface area contributed by atoms with Crippen molar-refractivity contribution in [1.29, 1.82) is 0 Å². The number of amides is 1. The first-order valence-electron chi connectivity index (χ1n) is 11.2. The summed E-state index contributed by atoms with van der Waals surface area (Å²) in [5.41, 5.74) is 0. The van der Waals surface area contributed by atoms with Gasteiger partial charge in [-0.2, -0.15) is 0 Å². The van der Waals surface area contributed by atoms with Gasteiger partial charge in [0.1, 0.15) is 12.2 Å². The lowest BCUT2D eigenvalue weighted by Crippen LogP contribution is -2.79. The van der Waals surface area contributed by atoms with Crippen molar-refractivity contribution in [3.8, 4) is 0 Å². The van der Waals surface area contributed by atoms with Gasteiger partial charge in [0, 0.05) is 6.42 Å². The molecular weight excluding hydrogens is 414 g/mol. The normalized spacial score (nSPS) is 30.3. The summed E-state index contributed by atoms with van der Waals surface area (Å²) in [4.78, 5) is 26.4. The quantitative estimate of drug-likeness (QED) is 0.500. The topological polar surface area (TPSA) is 76.1 Å². The fourth-order valence-electron chi connectivity index (χ4n) is 4.05. The maximum atomic E-state index is 13.5. The van der Waals surface area contributed by atoms with Gasteiger partial charge >= 0.3 is 0 Å². The van der Waals surface area contributed by atoms with Crippen molar-refractivity contribution in [3.05, 3.63) is 0 Å². The third-order valence-electron chi connectivity index (χ3n) is 8.03. The molecular formula is C22H43NO5Si2. The molecule has 0 aromatic rings. The molecule has 30 heavy (non-hydrogen) atoms. The molecule has 0 unspecified atom stereocenters. The van der Waals surface area contributed by atoms with Crippen LogP contribution in [0, 0.1) is 5.92 Å². The number of ketones is 1. The van der Waals surface area contributed by atoms with Gasteiger partial charge in [-0.15, -0.1) is 0 Å². The Balaban J connectivity index is 2.42. The highest BCUT2D eigenvalue weighted by Gasteiger charge is 2.63. The Labute approximate surface area is 184 Å². The maximum Gasteiger partial charge on any atom is 0.222 e. The number of carbonyl (C=O) groups excluding carboxylic acids is 2. The molecule has 0 aliphatic carbocycles. The predicted octanol–water partition coefficient (Wildman–Crippen LogP) is 3.95. The van der Waals surface area contributed by atoms with Gasteiger partial charge in [-0.05, 0) is 30.1 Å². The summed E-state index contributed by atoms with van der Waals surface area (Å²) in [7, 11) is -4.33. The van der Waals surface area contributed by atoms with Crippen LogP contribution in [-0.4, -0.2) is 68.9 Å². The molecule has 2 fully saturated rings. The number of ether oxygens (including phenoxy) is 1. The van der Waals surface area contributed by atoms with Gasteiger partial charge in [0.05, 0.1) is 24.7 Å². The number of aliphatic hydroxyl groups is 1. The Kier molecular flexibility index (Phi) is 6.94. The molecule has 5 atom stereocenters. The summed E-state index contributed by atoms with van der Waals surface area (Å²) >= 11 is 0. The maximum absolute atomic E-state index is 13.5. The Bertz CT molecular complexity index is 680. The van der Waals surface area contributed by atoms with E-state index >= 15 is 0 Å². The molecule has 0 radical (unpaired) electrons. The lowest BCUT2D eigenvalue weighted by atomic mass is 9.79. The summed E-state index contributed by atoms with van der Waals surface area (Å²) in [6.45, 7) is 24.0. The molecule has 174 valence electrons. The number of hydrogen-bond acceptors (Lipinski definition) is 5. The lowest BCUT2D eigenvalue weighted by molar-refractivity contribution is -0.177. The van der Waals surface area contributed by atoms with E-state index in [4.69, 9.17) is 9.16 Å². The fourth-order valence-corrected chi connectivity index (χ4v) is 7.94. The van der Waals surface area contributed by atoms with E-state index in [0.29, 0.717) is 13.0 Å². The summed E-state index contributed by atoms with van der Waals surface area (Å²) in [6.07, 6.45) is -1.79. The first-order chi connectivity index (χ1) is 13.3. The number of aliphatic hydroxyl groups excluding tert-OH is 1. The summed E-state index contributed by atoms with van der Waals surface area (Å²) in [5, 5.41) is 10.2. The predicted molar refractivity (Wildman–Crippen MR) is 124 cm³/mol. The van der Waals surface area contributed by atoms with Crippen LogP contribution < -0.4 is 0 Å². The molecule has 0 spiro atoms. The largest absolute Gasteiger partial charge is 0.413 e. The van der Waals surface area contributed by atoms with E-state index in [-0.39, 0.29) is 33.9 Å². The summed E-state index contributed by atoms with van der Waals surface area (Å²) in [6, 6.07) is -0.374. The van der Waals surface area contributed by atoms with E-state index in [2.05, 4.69) is 67.7 Å². The molecule has 6 nitrogen and oxygen atoms in total. The van der Waals surface area contributed by atoms with Crippen LogP contribution in [0.25, 0.3) is 0 Å². The number of Topliss-reactive ketones (excluding diaryl/α,β-unsaturated/α-hetero) is 1. The summed E-state index contributed by atoms with van der Waals surface area (Å²) < 4.78 is 14.4. The van der Waals surface area contributed by atoms with E-state index in [1.807, 2.05) is 11.5 Å². The average Bonchev–Trinajstić information content (AvgIpc) is 2.52. The molecule has 1 amide bonds. The zero-order chi connectivity index (χ0) is 23.4. The first-order valence-corrected chi connectivity index (χ1v) is 17.0. The molecule has 0 aromatic carbocycles. The second-order valence-corrected chi connectivity index (χ2v) is 22.0. The molecule has 2 aliphatic heterocycles. The van der Waals surface area contributed by atoms with Crippen molar-refractivity contribution in [2.45, 2.75) is 116 Å². The van der Waals surface area contributed by atoms with Crippen molar-refractivity contribution in [2.24, 2.45) is 5.92 Å². The van der Waals surface area contributed by atoms with E-state index in [1.54, 1.807) is 0 Å². The van der Waals surface area contributed by atoms with Crippen molar-refractivity contribution < 1.29 is 23.9 Å². The Morgan fingerprint density at radius 3 is 2.07 bits per heavy atom.